The number of hydrogen-bond acceptors (Lipinski definition) is 3. The van der Waals surface area contributed by atoms with Gasteiger partial charge in [0, 0.05) is 5.19 Å². The molecule has 3 nitrogen and oxygen atoms in total. The first-order valence-corrected chi connectivity index (χ1v) is 6.00. The summed E-state index contributed by atoms with van der Waals surface area (Å²) in [5.74, 6) is 0. The summed E-state index contributed by atoms with van der Waals surface area (Å²) in [6.07, 6.45) is -5.27. The first-order valence-electron chi connectivity index (χ1n) is 4.24. The first-order chi connectivity index (χ1) is 7.73. The summed E-state index contributed by atoms with van der Waals surface area (Å²) in [6.45, 7) is -3.57. The van der Waals surface area contributed by atoms with Crippen molar-refractivity contribution in [3.63, 3.8) is 0 Å². The molecule has 0 aliphatic carbocycles. The average molecular weight is 274 g/mol. The molecule has 0 aliphatic rings. The van der Waals surface area contributed by atoms with E-state index in [2.05, 4.69) is 8.85 Å². The maximum atomic E-state index is 12.0. The summed E-state index contributed by atoms with van der Waals surface area (Å²) >= 11 is 0. The van der Waals surface area contributed by atoms with Crippen LogP contribution >= 0.6 is 0 Å². The van der Waals surface area contributed by atoms with Crippen LogP contribution in [0.2, 0.25) is 0 Å². The fourth-order valence-corrected chi connectivity index (χ4v) is 2.55. The maximum absolute atomic E-state index is 12.0. The summed E-state index contributed by atoms with van der Waals surface area (Å²) < 4.78 is 67.0. The van der Waals surface area contributed by atoms with Crippen LogP contribution in [0.15, 0.2) is 30.3 Å². The molecule has 96 valence electrons. The minimum Gasteiger partial charge on any atom is -0.386 e. The van der Waals surface area contributed by atoms with E-state index < -0.39 is 27.0 Å². The summed E-state index contributed by atoms with van der Waals surface area (Å²) in [7, 11) is -5.20. The lowest BCUT2D eigenvalue weighted by Crippen LogP contribution is -2.57. The van der Waals surface area contributed by atoms with E-state index in [9.17, 15) is 26.7 Å². The summed E-state index contributed by atoms with van der Waals surface area (Å²) in [4.78, 5) is 9.48. The second kappa shape index (κ2) is 5.08. The molecule has 1 unspecified atom stereocenters. The van der Waals surface area contributed by atoms with Crippen LogP contribution in [0, 0.1) is 0 Å². The Bertz CT molecular complexity index is 358. The number of hydrogen-bond donors (Lipinski definition) is 1. The molecule has 0 fully saturated rings. The van der Waals surface area contributed by atoms with Crippen LogP contribution in [0.5, 0.6) is 0 Å². The normalized spacial score (nSPS) is 15.9. The van der Waals surface area contributed by atoms with E-state index in [1.165, 1.54) is 18.2 Å². The fourth-order valence-electron chi connectivity index (χ4n) is 1.08. The topological polar surface area (TPSA) is 38.7 Å². The highest BCUT2D eigenvalue weighted by molar-refractivity contribution is 6.74. The lowest BCUT2D eigenvalue weighted by atomic mass is 10.4. The van der Waals surface area contributed by atoms with Crippen LogP contribution in [0.3, 0.4) is 0 Å². The molecule has 0 amide bonds. The molecule has 1 N–H and O–H groups in total. The zero-order valence-corrected chi connectivity index (χ0v) is 9.12. The molecular formula is C8H7F5O3Si. The highest BCUT2D eigenvalue weighted by atomic mass is 28.4. The van der Waals surface area contributed by atoms with Crippen LogP contribution in [-0.4, -0.2) is 26.6 Å². The summed E-state index contributed by atoms with van der Waals surface area (Å²) in [6, 6.07) is 6.00. The Kier molecular flexibility index (Phi) is 4.19. The monoisotopic (exact) mass is 274 g/mol. The van der Waals surface area contributed by atoms with Crippen molar-refractivity contribution in [2.45, 2.75) is 13.0 Å². The first kappa shape index (κ1) is 14.0. The van der Waals surface area contributed by atoms with Gasteiger partial charge in [0.2, 0.25) is 0 Å². The molecule has 0 heterocycles. The maximum Gasteiger partial charge on any atom is 0.544 e. The van der Waals surface area contributed by atoms with Crippen molar-refractivity contribution in [3.8, 4) is 0 Å². The molecule has 0 aliphatic heterocycles. The van der Waals surface area contributed by atoms with Crippen molar-refractivity contribution < 1.29 is 35.6 Å². The molecule has 0 radical (unpaired) electrons. The average Bonchev–Trinajstić information content (AvgIpc) is 2.14. The highest BCUT2D eigenvalue weighted by Crippen LogP contribution is 2.23. The Morgan fingerprint density at radius 1 is 1.12 bits per heavy atom. The molecule has 0 spiro atoms. The Morgan fingerprint density at radius 2 is 1.65 bits per heavy atom. The minimum absolute atomic E-state index is 0.461. The van der Waals surface area contributed by atoms with Crippen molar-refractivity contribution in [1.29, 1.82) is 0 Å². The van der Waals surface area contributed by atoms with Crippen molar-refractivity contribution in [2.24, 2.45) is 0 Å². The highest BCUT2D eigenvalue weighted by Gasteiger charge is 2.51. The Labute approximate surface area is 93.8 Å². The lowest BCUT2D eigenvalue weighted by Gasteiger charge is -2.24. The third-order valence-electron chi connectivity index (χ3n) is 1.64. The number of alkyl halides is 5. The quantitative estimate of drug-likeness (QED) is 0.669. The third kappa shape index (κ3) is 4.38. The van der Waals surface area contributed by atoms with Crippen LogP contribution in [-0.2, 0) is 8.85 Å². The molecule has 0 aromatic heterocycles. The smallest absolute Gasteiger partial charge is 0.386 e. The standard InChI is InChI=1S/C8H7F5O3Si/c9-7(10)15-17(14,16-8(11,12)13)6-4-2-1-3-5-6/h1-5,7,14H. The van der Waals surface area contributed by atoms with Gasteiger partial charge >= 0.3 is 21.8 Å². The van der Waals surface area contributed by atoms with Gasteiger partial charge in [0.15, 0.2) is 0 Å². The van der Waals surface area contributed by atoms with Gasteiger partial charge in [0.1, 0.15) is 0 Å². The van der Waals surface area contributed by atoms with Crippen LogP contribution in [0.4, 0.5) is 22.0 Å². The Hall–Kier alpha value is -1.03. The second-order valence-electron chi connectivity index (χ2n) is 2.87. The van der Waals surface area contributed by atoms with E-state index in [-0.39, 0.29) is 0 Å². The van der Waals surface area contributed by atoms with E-state index in [1.807, 2.05) is 0 Å². The van der Waals surface area contributed by atoms with Gasteiger partial charge in [-0.05, 0) is 0 Å². The molecular weight excluding hydrogens is 267 g/mol. The van der Waals surface area contributed by atoms with Gasteiger partial charge in [0.25, 0.3) is 0 Å². The zero-order valence-electron chi connectivity index (χ0n) is 8.12. The van der Waals surface area contributed by atoms with E-state index in [0.29, 0.717) is 0 Å². The van der Waals surface area contributed by atoms with Crippen molar-refractivity contribution in [1.82, 2.24) is 0 Å². The SMILES string of the molecule is O[Si](OC(F)F)(OC(F)(F)F)c1ccccc1. The summed E-state index contributed by atoms with van der Waals surface area (Å²) in [5, 5.41) is -0.461. The van der Waals surface area contributed by atoms with Crippen LogP contribution in [0.25, 0.3) is 0 Å². The minimum atomic E-state index is -5.27. The second-order valence-corrected chi connectivity index (χ2v) is 5.06. The van der Waals surface area contributed by atoms with E-state index in [0.717, 1.165) is 12.1 Å². The van der Waals surface area contributed by atoms with Gasteiger partial charge in [-0.1, -0.05) is 30.3 Å². The van der Waals surface area contributed by atoms with Gasteiger partial charge in [-0.25, -0.2) is 0 Å². The molecule has 0 saturated heterocycles. The van der Waals surface area contributed by atoms with Crippen molar-refractivity contribution in [2.75, 3.05) is 0 Å². The van der Waals surface area contributed by atoms with Crippen molar-refractivity contribution in [3.05, 3.63) is 30.3 Å². The van der Waals surface area contributed by atoms with E-state index in [1.54, 1.807) is 0 Å². The van der Waals surface area contributed by atoms with Gasteiger partial charge in [-0.3, -0.25) is 4.43 Å². The molecule has 1 aromatic rings. The van der Waals surface area contributed by atoms with Gasteiger partial charge in [-0.15, -0.1) is 13.2 Å². The fraction of sp³-hybridized carbons (Fsp3) is 0.250. The number of benzene rings is 1. The Balaban J connectivity index is 3.02. The molecule has 17 heavy (non-hydrogen) atoms. The van der Waals surface area contributed by atoms with E-state index >= 15 is 0 Å². The predicted molar refractivity (Wildman–Crippen MR) is 48.3 cm³/mol. The largest absolute Gasteiger partial charge is 0.544 e. The van der Waals surface area contributed by atoms with Gasteiger partial charge in [0.05, 0.1) is 0 Å². The molecule has 1 rings (SSSR count). The molecule has 0 bridgehead atoms. The van der Waals surface area contributed by atoms with Crippen LogP contribution < -0.4 is 5.19 Å². The molecule has 0 saturated carbocycles. The molecule has 1 atom stereocenters. The third-order valence-corrected chi connectivity index (χ3v) is 3.71. The van der Waals surface area contributed by atoms with E-state index in [4.69, 9.17) is 0 Å². The molecule has 9 heteroatoms. The number of rotatable bonds is 4. The summed E-state index contributed by atoms with van der Waals surface area (Å²) in [5.41, 5.74) is 0. The zero-order chi connectivity index (χ0) is 13.1. The Morgan fingerprint density at radius 3 is 2.06 bits per heavy atom. The molecule has 1 aromatic carbocycles. The van der Waals surface area contributed by atoms with Crippen LogP contribution in [0.1, 0.15) is 0 Å². The number of halogens is 5. The van der Waals surface area contributed by atoms with Crippen molar-refractivity contribution >= 4 is 14.0 Å². The predicted octanol–water partition coefficient (Wildman–Crippen LogP) is 1.60. The van der Waals surface area contributed by atoms with Gasteiger partial charge in [-0.2, -0.15) is 8.78 Å². The van der Waals surface area contributed by atoms with Gasteiger partial charge < -0.3 is 9.22 Å². The lowest BCUT2D eigenvalue weighted by molar-refractivity contribution is -0.298.